The predicted octanol–water partition coefficient (Wildman–Crippen LogP) is 1.42. The van der Waals surface area contributed by atoms with Crippen LogP contribution in [0.15, 0.2) is 23.2 Å². The molecule has 1 aliphatic heterocycles. The number of carboxylic acid groups (broad SMARTS) is 1. The smallest absolute Gasteiger partial charge is 0.306 e. The van der Waals surface area contributed by atoms with Crippen LogP contribution in [0, 0.1) is 0 Å². The van der Waals surface area contributed by atoms with Crippen LogP contribution in [0.1, 0.15) is 18.9 Å². The molecule has 7 heteroatoms. The van der Waals surface area contributed by atoms with Crippen molar-refractivity contribution in [3.8, 4) is 5.75 Å². The van der Waals surface area contributed by atoms with Crippen molar-refractivity contribution in [1.29, 1.82) is 0 Å². The lowest BCUT2D eigenvalue weighted by Crippen LogP contribution is -2.33. The van der Waals surface area contributed by atoms with E-state index in [0.717, 1.165) is 0 Å². The lowest BCUT2D eigenvalue weighted by molar-refractivity contribution is -0.139. The quantitative estimate of drug-likeness (QED) is 0.781. The number of aromatic hydroxyl groups is 1. The van der Waals surface area contributed by atoms with Crippen LogP contribution >= 0.6 is 11.6 Å². The van der Waals surface area contributed by atoms with Crippen LogP contribution < -0.4 is 0 Å². The Morgan fingerprint density at radius 1 is 1.55 bits per heavy atom. The predicted molar refractivity (Wildman–Crippen MR) is 72.2 cm³/mol. The Bertz CT molecular complexity index is 560. The maximum atomic E-state index is 10.6. The fourth-order valence-corrected chi connectivity index (χ4v) is 2.20. The van der Waals surface area contributed by atoms with Gasteiger partial charge in [0.2, 0.25) is 5.90 Å². The number of benzene rings is 1. The molecule has 0 saturated heterocycles. The first kappa shape index (κ1) is 14.6. The largest absolute Gasteiger partial charge is 0.507 e. The average Bonchev–Trinajstić information content (AvgIpc) is 2.73. The second-order valence-corrected chi connectivity index (χ2v) is 5.01. The van der Waals surface area contributed by atoms with Crippen molar-refractivity contribution in [2.24, 2.45) is 4.99 Å². The molecular formula is C13H14ClNO5. The molecule has 0 saturated carbocycles. The molecule has 0 radical (unpaired) electrons. The van der Waals surface area contributed by atoms with E-state index >= 15 is 0 Å². The number of aliphatic imine (C=N–C) groups is 1. The van der Waals surface area contributed by atoms with Crippen LogP contribution in [0.3, 0.4) is 0 Å². The summed E-state index contributed by atoms with van der Waals surface area (Å²) in [5.41, 5.74) is 0.314. The number of hydrogen-bond acceptors (Lipinski definition) is 5. The van der Waals surface area contributed by atoms with Crippen molar-refractivity contribution in [3.63, 3.8) is 0 Å². The summed E-state index contributed by atoms with van der Waals surface area (Å²) in [6, 6.07) is 3.74. The molecule has 1 aromatic rings. The van der Waals surface area contributed by atoms with E-state index in [-0.39, 0.29) is 11.6 Å². The standard InChI is InChI=1S/C13H14ClNO5/c1-6-12(10(17)5-11(18)19)15-13(20-6)8-4-7(14)2-3-9(8)16/h2-4,6,10,12,16-17H,5H2,1H3,(H,18,19). The summed E-state index contributed by atoms with van der Waals surface area (Å²) >= 11 is 5.85. The zero-order chi connectivity index (χ0) is 14.9. The normalized spacial score (nSPS) is 23.1. The van der Waals surface area contributed by atoms with Gasteiger partial charge in [-0.15, -0.1) is 0 Å². The van der Waals surface area contributed by atoms with E-state index in [1.54, 1.807) is 6.92 Å². The number of carbonyl (C=O) groups is 1. The Kier molecular flexibility index (Phi) is 4.15. The highest BCUT2D eigenvalue weighted by Gasteiger charge is 2.35. The summed E-state index contributed by atoms with van der Waals surface area (Å²) in [5, 5.41) is 28.7. The van der Waals surface area contributed by atoms with Gasteiger partial charge in [0.05, 0.1) is 18.1 Å². The first-order valence-electron chi connectivity index (χ1n) is 6.01. The Balaban J connectivity index is 2.26. The van der Waals surface area contributed by atoms with E-state index in [1.165, 1.54) is 18.2 Å². The zero-order valence-electron chi connectivity index (χ0n) is 10.7. The van der Waals surface area contributed by atoms with Gasteiger partial charge in [0.15, 0.2) is 0 Å². The minimum absolute atomic E-state index is 0.0475. The van der Waals surface area contributed by atoms with Gasteiger partial charge in [-0.3, -0.25) is 4.79 Å². The molecule has 20 heavy (non-hydrogen) atoms. The molecule has 108 valence electrons. The van der Waals surface area contributed by atoms with Crippen LogP contribution in [-0.4, -0.2) is 45.4 Å². The third-order valence-corrected chi connectivity index (χ3v) is 3.25. The lowest BCUT2D eigenvalue weighted by atomic mass is 10.0. The molecule has 0 amide bonds. The highest BCUT2D eigenvalue weighted by molar-refractivity contribution is 6.31. The summed E-state index contributed by atoms with van der Waals surface area (Å²) in [6.07, 6.45) is -2.06. The van der Waals surface area contributed by atoms with Gasteiger partial charge in [-0.1, -0.05) is 11.6 Å². The van der Waals surface area contributed by atoms with Crippen LogP contribution in [-0.2, 0) is 9.53 Å². The van der Waals surface area contributed by atoms with Crippen molar-refractivity contribution in [2.75, 3.05) is 0 Å². The van der Waals surface area contributed by atoms with Gasteiger partial charge in [-0.2, -0.15) is 0 Å². The van der Waals surface area contributed by atoms with Crippen LogP contribution in [0.4, 0.5) is 0 Å². The summed E-state index contributed by atoms with van der Waals surface area (Å²) in [7, 11) is 0. The Morgan fingerprint density at radius 3 is 2.90 bits per heavy atom. The molecule has 1 aliphatic rings. The number of nitrogens with zero attached hydrogens (tertiary/aromatic N) is 1. The van der Waals surface area contributed by atoms with Gasteiger partial charge in [-0.05, 0) is 25.1 Å². The summed E-state index contributed by atoms with van der Waals surface area (Å²) in [4.78, 5) is 14.8. The number of carboxylic acids is 1. The number of phenols is 1. The maximum Gasteiger partial charge on any atom is 0.306 e. The highest BCUT2D eigenvalue weighted by Crippen LogP contribution is 2.28. The molecule has 2 rings (SSSR count). The molecule has 6 nitrogen and oxygen atoms in total. The Hall–Kier alpha value is -1.79. The second kappa shape index (κ2) is 5.68. The molecule has 1 heterocycles. The van der Waals surface area contributed by atoms with Gasteiger partial charge >= 0.3 is 5.97 Å². The number of ether oxygens (including phenoxy) is 1. The molecule has 0 bridgehead atoms. The number of halogens is 1. The van der Waals surface area contributed by atoms with Gasteiger partial charge < -0.3 is 20.1 Å². The molecule has 3 N–H and O–H groups in total. The lowest BCUT2D eigenvalue weighted by Gasteiger charge is -2.17. The number of aliphatic carboxylic acids is 1. The first-order chi connectivity index (χ1) is 9.38. The van der Waals surface area contributed by atoms with E-state index in [9.17, 15) is 15.0 Å². The van der Waals surface area contributed by atoms with Crippen molar-refractivity contribution in [3.05, 3.63) is 28.8 Å². The highest BCUT2D eigenvalue weighted by atomic mass is 35.5. The van der Waals surface area contributed by atoms with Gasteiger partial charge in [0, 0.05) is 5.02 Å². The number of rotatable bonds is 4. The minimum atomic E-state index is -1.15. The molecule has 0 spiro atoms. The van der Waals surface area contributed by atoms with E-state index < -0.39 is 30.6 Å². The van der Waals surface area contributed by atoms with E-state index in [2.05, 4.69) is 4.99 Å². The summed E-state index contributed by atoms with van der Waals surface area (Å²) in [5.74, 6) is -1.01. The average molecular weight is 300 g/mol. The SMILES string of the molecule is CC1OC(c2cc(Cl)ccc2O)=NC1C(O)CC(=O)O. The third-order valence-electron chi connectivity index (χ3n) is 3.01. The maximum absolute atomic E-state index is 10.6. The molecule has 0 aliphatic carbocycles. The van der Waals surface area contributed by atoms with E-state index in [4.69, 9.17) is 21.4 Å². The topological polar surface area (TPSA) is 99.4 Å². The number of phenolic OH excluding ortho intramolecular Hbond substituents is 1. The Morgan fingerprint density at radius 2 is 2.25 bits per heavy atom. The van der Waals surface area contributed by atoms with Crippen molar-refractivity contribution < 1.29 is 24.9 Å². The van der Waals surface area contributed by atoms with Crippen LogP contribution in [0.25, 0.3) is 0 Å². The summed E-state index contributed by atoms with van der Waals surface area (Å²) in [6.45, 7) is 1.67. The van der Waals surface area contributed by atoms with Crippen molar-refractivity contribution >= 4 is 23.5 Å². The van der Waals surface area contributed by atoms with Crippen molar-refractivity contribution in [2.45, 2.75) is 31.6 Å². The van der Waals surface area contributed by atoms with E-state index in [1.807, 2.05) is 0 Å². The fraction of sp³-hybridized carbons (Fsp3) is 0.385. The molecule has 0 fully saturated rings. The molecular weight excluding hydrogens is 286 g/mol. The van der Waals surface area contributed by atoms with Gasteiger partial charge in [-0.25, -0.2) is 4.99 Å². The minimum Gasteiger partial charge on any atom is -0.507 e. The first-order valence-corrected chi connectivity index (χ1v) is 6.39. The monoisotopic (exact) mass is 299 g/mol. The van der Waals surface area contributed by atoms with Gasteiger partial charge in [0.1, 0.15) is 17.9 Å². The third kappa shape index (κ3) is 3.02. The molecule has 1 aromatic carbocycles. The Labute approximate surface area is 120 Å². The van der Waals surface area contributed by atoms with E-state index in [0.29, 0.717) is 10.6 Å². The van der Waals surface area contributed by atoms with Crippen LogP contribution in [0.5, 0.6) is 5.75 Å². The molecule has 3 unspecified atom stereocenters. The summed E-state index contributed by atoms with van der Waals surface area (Å²) < 4.78 is 5.48. The number of hydrogen-bond donors (Lipinski definition) is 3. The fourth-order valence-electron chi connectivity index (χ4n) is 2.03. The second-order valence-electron chi connectivity index (χ2n) is 4.57. The van der Waals surface area contributed by atoms with Crippen LogP contribution in [0.2, 0.25) is 5.02 Å². The van der Waals surface area contributed by atoms with Gasteiger partial charge in [0.25, 0.3) is 0 Å². The number of aliphatic hydroxyl groups is 1. The molecule has 3 atom stereocenters. The number of aliphatic hydroxyl groups excluding tert-OH is 1. The molecule has 0 aromatic heterocycles. The van der Waals surface area contributed by atoms with Crippen molar-refractivity contribution in [1.82, 2.24) is 0 Å². The zero-order valence-corrected chi connectivity index (χ0v) is 11.4.